The van der Waals surface area contributed by atoms with E-state index in [0.29, 0.717) is 11.5 Å². The van der Waals surface area contributed by atoms with E-state index in [1.54, 1.807) is 37.2 Å². The molecule has 1 aliphatic rings. The third kappa shape index (κ3) is 3.61. The average Bonchev–Trinajstić information content (AvgIpc) is 3.23. The molecule has 4 heterocycles. The maximum atomic E-state index is 12.7. The molecule has 7 nitrogen and oxygen atoms in total. The highest BCUT2D eigenvalue weighted by atomic mass is 16.2. The minimum absolute atomic E-state index is 0.0572. The molecule has 1 saturated heterocycles. The highest BCUT2D eigenvalue weighted by Gasteiger charge is 2.25. The second-order valence-corrected chi connectivity index (χ2v) is 6.54. The Kier molecular flexibility index (Phi) is 4.68. The van der Waals surface area contributed by atoms with Gasteiger partial charge < -0.3 is 9.88 Å². The molecule has 26 heavy (non-hydrogen) atoms. The van der Waals surface area contributed by atoms with Gasteiger partial charge in [-0.05, 0) is 43.4 Å². The zero-order chi connectivity index (χ0) is 17.8. The van der Waals surface area contributed by atoms with Gasteiger partial charge in [-0.3, -0.25) is 9.78 Å². The predicted octanol–water partition coefficient (Wildman–Crippen LogP) is 2.36. The summed E-state index contributed by atoms with van der Waals surface area (Å²) in [6.45, 7) is 1.54. The number of H-pyrrole nitrogens is 1. The number of rotatable bonds is 4. The SMILES string of the molecule is O=C(c1cccnc1)N1CCC[C@@H](Cc2cc(-c3ncc[nH]3)ncn2)C1. The molecule has 4 rings (SSSR count). The number of hydrogen-bond donors (Lipinski definition) is 1. The Morgan fingerprint density at radius 2 is 2.23 bits per heavy atom. The lowest BCUT2D eigenvalue weighted by Gasteiger charge is -2.32. The molecule has 1 aliphatic heterocycles. The van der Waals surface area contributed by atoms with Crippen LogP contribution in [0.4, 0.5) is 0 Å². The molecule has 1 fully saturated rings. The number of aromatic amines is 1. The van der Waals surface area contributed by atoms with E-state index < -0.39 is 0 Å². The molecule has 0 saturated carbocycles. The Balaban J connectivity index is 1.44. The van der Waals surface area contributed by atoms with E-state index in [4.69, 9.17) is 0 Å². The number of nitrogens with zero attached hydrogens (tertiary/aromatic N) is 5. The molecule has 0 radical (unpaired) electrons. The van der Waals surface area contributed by atoms with E-state index in [2.05, 4.69) is 24.9 Å². The second kappa shape index (κ2) is 7.43. The summed E-state index contributed by atoms with van der Waals surface area (Å²) in [6.07, 6.45) is 11.3. The van der Waals surface area contributed by atoms with Crippen molar-refractivity contribution in [1.29, 1.82) is 0 Å². The number of nitrogens with one attached hydrogen (secondary N) is 1. The highest BCUT2D eigenvalue weighted by Crippen LogP contribution is 2.22. The molecule has 3 aromatic heterocycles. The van der Waals surface area contributed by atoms with Crippen LogP contribution in [0.2, 0.25) is 0 Å². The molecule has 0 aromatic carbocycles. The van der Waals surface area contributed by atoms with E-state index in [9.17, 15) is 4.79 Å². The third-order valence-corrected chi connectivity index (χ3v) is 4.68. The first-order chi connectivity index (χ1) is 12.8. The molecule has 1 atom stereocenters. The largest absolute Gasteiger partial charge is 0.343 e. The lowest BCUT2D eigenvalue weighted by Crippen LogP contribution is -2.40. The third-order valence-electron chi connectivity index (χ3n) is 4.68. The number of amides is 1. The van der Waals surface area contributed by atoms with Crippen LogP contribution in [-0.4, -0.2) is 48.8 Å². The Bertz CT molecular complexity index is 865. The first kappa shape index (κ1) is 16.4. The van der Waals surface area contributed by atoms with Crippen LogP contribution >= 0.6 is 0 Å². The summed E-state index contributed by atoms with van der Waals surface area (Å²) < 4.78 is 0. The molecule has 3 aromatic rings. The Morgan fingerprint density at radius 3 is 3.04 bits per heavy atom. The van der Waals surface area contributed by atoms with E-state index >= 15 is 0 Å². The zero-order valence-corrected chi connectivity index (χ0v) is 14.4. The summed E-state index contributed by atoms with van der Waals surface area (Å²) in [5.74, 6) is 1.19. The average molecular weight is 348 g/mol. The molecule has 0 unspecified atom stereocenters. The van der Waals surface area contributed by atoms with Crippen molar-refractivity contribution in [2.45, 2.75) is 19.3 Å². The molecule has 0 spiro atoms. The van der Waals surface area contributed by atoms with Crippen molar-refractivity contribution >= 4 is 5.91 Å². The Hall–Kier alpha value is -3.09. The van der Waals surface area contributed by atoms with Crippen LogP contribution in [0.25, 0.3) is 11.5 Å². The molecule has 1 N–H and O–H groups in total. The summed E-state index contributed by atoms with van der Waals surface area (Å²) in [5, 5.41) is 0. The van der Waals surface area contributed by atoms with Crippen molar-refractivity contribution in [3.05, 3.63) is 60.6 Å². The van der Waals surface area contributed by atoms with Gasteiger partial charge in [0, 0.05) is 43.6 Å². The standard InChI is InChI=1S/C19H20N6O/c26-19(15-4-1-5-20-11-15)25-8-2-3-14(12-25)9-16-10-17(24-13-23-16)18-21-6-7-22-18/h1,4-7,10-11,13-14H,2-3,8-9,12H2,(H,21,22)/t14-/m0/s1. The van der Waals surface area contributed by atoms with Crippen LogP contribution in [0.15, 0.2) is 49.3 Å². The number of carbonyl (C=O) groups is 1. The van der Waals surface area contributed by atoms with Gasteiger partial charge in [-0.2, -0.15) is 0 Å². The first-order valence-corrected chi connectivity index (χ1v) is 8.79. The van der Waals surface area contributed by atoms with Crippen LogP contribution in [0, 0.1) is 5.92 Å². The van der Waals surface area contributed by atoms with Crippen molar-refractivity contribution in [2.24, 2.45) is 5.92 Å². The van der Waals surface area contributed by atoms with Crippen LogP contribution in [0.3, 0.4) is 0 Å². The van der Waals surface area contributed by atoms with Gasteiger partial charge in [-0.15, -0.1) is 0 Å². The van der Waals surface area contributed by atoms with E-state index in [-0.39, 0.29) is 5.91 Å². The topological polar surface area (TPSA) is 87.7 Å². The monoisotopic (exact) mass is 348 g/mol. The molecule has 7 heteroatoms. The summed E-state index contributed by atoms with van der Waals surface area (Å²) >= 11 is 0. The first-order valence-electron chi connectivity index (χ1n) is 8.79. The van der Waals surface area contributed by atoms with Crippen molar-refractivity contribution in [2.75, 3.05) is 13.1 Å². The molecular formula is C19H20N6O. The number of aromatic nitrogens is 5. The summed E-state index contributed by atoms with van der Waals surface area (Å²) in [6, 6.07) is 5.59. The van der Waals surface area contributed by atoms with Crippen molar-refractivity contribution in [1.82, 2.24) is 29.8 Å². The van der Waals surface area contributed by atoms with Crippen molar-refractivity contribution < 1.29 is 4.79 Å². The van der Waals surface area contributed by atoms with Crippen LogP contribution in [0.1, 0.15) is 28.9 Å². The molecule has 0 aliphatic carbocycles. The highest BCUT2D eigenvalue weighted by molar-refractivity contribution is 5.93. The molecule has 0 bridgehead atoms. The van der Waals surface area contributed by atoms with E-state index in [1.165, 1.54) is 0 Å². The summed E-state index contributed by atoms with van der Waals surface area (Å²) in [7, 11) is 0. The Labute approximate surface area is 151 Å². The van der Waals surface area contributed by atoms with Gasteiger partial charge in [0.05, 0.1) is 5.56 Å². The minimum Gasteiger partial charge on any atom is -0.343 e. The summed E-state index contributed by atoms with van der Waals surface area (Å²) in [4.78, 5) is 34.6. The zero-order valence-electron chi connectivity index (χ0n) is 14.4. The molecule has 1 amide bonds. The van der Waals surface area contributed by atoms with Crippen molar-refractivity contribution in [3.63, 3.8) is 0 Å². The quantitative estimate of drug-likeness (QED) is 0.782. The van der Waals surface area contributed by atoms with Gasteiger partial charge in [-0.1, -0.05) is 0 Å². The van der Waals surface area contributed by atoms with Crippen LogP contribution in [-0.2, 0) is 6.42 Å². The second-order valence-electron chi connectivity index (χ2n) is 6.54. The lowest BCUT2D eigenvalue weighted by atomic mass is 9.92. The number of imidazole rings is 1. The number of likely N-dealkylation sites (tertiary alicyclic amines) is 1. The maximum absolute atomic E-state index is 12.7. The normalized spacial score (nSPS) is 17.2. The van der Waals surface area contributed by atoms with Gasteiger partial charge in [0.2, 0.25) is 0 Å². The predicted molar refractivity (Wildman–Crippen MR) is 96.2 cm³/mol. The van der Waals surface area contributed by atoms with Gasteiger partial charge >= 0.3 is 0 Å². The van der Waals surface area contributed by atoms with Crippen LogP contribution < -0.4 is 0 Å². The fraction of sp³-hybridized carbons (Fsp3) is 0.316. The smallest absolute Gasteiger partial charge is 0.255 e. The Morgan fingerprint density at radius 1 is 1.27 bits per heavy atom. The minimum atomic E-state index is 0.0572. The van der Waals surface area contributed by atoms with E-state index in [0.717, 1.165) is 49.6 Å². The summed E-state index contributed by atoms with van der Waals surface area (Å²) in [5.41, 5.74) is 2.42. The fourth-order valence-corrected chi connectivity index (χ4v) is 3.43. The van der Waals surface area contributed by atoms with Crippen molar-refractivity contribution in [3.8, 4) is 11.5 Å². The van der Waals surface area contributed by atoms with Crippen LogP contribution in [0.5, 0.6) is 0 Å². The van der Waals surface area contributed by atoms with E-state index in [1.807, 2.05) is 17.0 Å². The van der Waals surface area contributed by atoms with Gasteiger partial charge in [0.1, 0.15) is 12.0 Å². The fourth-order valence-electron chi connectivity index (χ4n) is 3.43. The molecule has 132 valence electrons. The number of hydrogen-bond acceptors (Lipinski definition) is 5. The van der Waals surface area contributed by atoms with Gasteiger partial charge in [0.25, 0.3) is 5.91 Å². The van der Waals surface area contributed by atoms with Gasteiger partial charge in [0.15, 0.2) is 5.82 Å². The number of pyridine rings is 1. The maximum Gasteiger partial charge on any atom is 0.255 e. The molecular weight excluding hydrogens is 328 g/mol. The number of carbonyl (C=O) groups excluding carboxylic acids is 1. The lowest BCUT2D eigenvalue weighted by molar-refractivity contribution is 0.0672. The number of piperidine rings is 1. The van der Waals surface area contributed by atoms with Gasteiger partial charge in [-0.25, -0.2) is 15.0 Å².